The molecule has 1 aromatic heterocycles. The van der Waals surface area contributed by atoms with Crippen molar-refractivity contribution in [2.24, 2.45) is 5.92 Å². The number of ether oxygens (including phenoxy) is 1. The van der Waals surface area contributed by atoms with Crippen LogP contribution in [-0.2, 0) is 14.3 Å². The van der Waals surface area contributed by atoms with Gasteiger partial charge in [0.05, 0.1) is 11.8 Å². The Bertz CT molecular complexity index is 1200. The summed E-state index contributed by atoms with van der Waals surface area (Å²) in [5.41, 5.74) is 2.26. The summed E-state index contributed by atoms with van der Waals surface area (Å²) in [5, 5.41) is 4.09. The number of aromatic nitrogens is 2. The lowest BCUT2D eigenvalue weighted by Gasteiger charge is -2.25. The Balaban J connectivity index is 1.58. The fourth-order valence-corrected chi connectivity index (χ4v) is 4.47. The van der Waals surface area contributed by atoms with Crippen LogP contribution in [0.2, 0.25) is 10.0 Å². The van der Waals surface area contributed by atoms with Crippen LogP contribution in [0, 0.1) is 5.92 Å². The summed E-state index contributed by atoms with van der Waals surface area (Å²) in [7, 11) is 0. The number of anilines is 1. The molecule has 2 aromatic carbocycles. The minimum absolute atomic E-state index is 0.0427. The van der Waals surface area contributed by atoms with Crippen molar-refractivity contribution in [1.82, 2.24) is 14.5 Å². The van der Waals surface area contributed by atoms with Crippen LogP contribution in [0.3, 0.4) is 0 Å². The van der Waals surface area contributed by atoms with Crippen LogP contribution >= 0.6 is 23.2 Å². The minimum Gasteiger partial charge on any atom is -0.376 e. The van der Waals surface area contributed by atoms with E-state index in [1.807, 2.05) is 44.3 Å². The van der Waals surface area contributed by atoms with Crippen molar-refractivity contribution >= 4 is 41.0 Å². The molecule has 0 radical (unpaired) electrons. The summed E-state index contributed by atoms with van der Waals surface area (Å²) < 4.78 is 7.50. The highest BCUT2D eigenvalue weighted by atomic mass is 35.5. The van der Waals surface area contributed by atoms with Gasteiger partial charge in [-0.1, -0.05) is 55.2 Å². The lowest BCUT2D eigenvalue weighted by Crippen LogP contribution is -2.42. The van der Waals surface area contributed by atoms with Gasteiger partial charge in [0.1, 0.15) is 6.54 Å². The molecule has 36 heavy (non-hydrogen) atoms. The van der Waals surface area contributed by atoms with Crippen molar-refractivity contribution in [3.63, 3.8) is 0 Å². The highest BCUT2D eigenvalue weighted by Crippen LogP contribution is 2.27. The first-order valence-electron chi connectivity index (χ1n) is 12.1. The number of imidazole rings is 1. The molecular formula is C27H30Cl2N4O3. The van der Waals surface area contributed by atoms with E-state index in [2.05, 4.69) is 10.3 Å². The van der Waals surface area contributed by atoms with Gasteiger partial charge in [-0.05, 0) is 49.1 Å². The highest BCUT2D eigenvalue weighted by Gasteiger charge is 2.25. The van der Waals surface area contributed by atoms with Gasteiger partial charge in [-0.15, -0.1) is 0 Å². The molecule has 3 aromatic rings. The van der Waals surface area contributed by atoms with Gasteiger partial charge in [-0.3, -0.25) is 19.5 Å². The third-order valence-corrected chi connectivity index (χ3v) is 6.39. The summed E-state index contributed by atoms with van der Waals surface area (Å²) in [6.07, 6.45) is 4.01. The number of carbonyl (C=O) groups is 2. The van der Waals surface area contributed by atoms with Gasteiger partial charge in [0.25, 0.3) is 0 Å². The Morgan fingerprint density at radius 2 is 1.94 bits per heavy atom. The van der Waals surface area contributed by atoms with E-state index in [1.54, 1.807) is 33.7 Å². The van der Waals surface area contributed by atoms with E-state index in [-0.39, 0.29) is 30.4 Å². The maximum Gasteiger partial charge on any atom is 0.246 e. The Labute approximate surface area is 221 Å². The van der Waals surface area contributed by atoms with Gasteiger partial charge in [0.15, 0.2) is 0 Å². The fraction of sp³-hybridized carbons (Fsp3) is 0.370. The van der Waals surface area contributed by atoms with Crippen LogP contribution in [0.25, 0.3) is 16.9 Å². The predicted molar refractivity (Wildman–Crippen MR) is 143 cm³/mol. The molecular weight excluding hydrogens is 499 g/mol. The molecule has 1 aliphatic rings. The van der Waals surface area contributed by atoms with Crippen LogP contribution < -0.4 is 5.32 Å². The van der Waals surface area contributed by atoms with Crippen molar-refractivity contribution in [3.8, 4) is 16.9 Å². The topological polar surface area (TPSA) is 76.5 Å². The predicted octanol–water partition coefficient (Wildman–Crippen LogP) is 5.84. The number of benzene rings is 2. The van der Waals surface area contributed by atoms with E-state index < -0.39 is 0 Å². The van der Waals surface area contributed by atoms with E-state index in [4.69, 9.17) is 27.9 Å². The second kappa shape index (κ2) is 11.9. The second-order valence-electron chi connectivity index (χ2n) is 9.36. The monoisotopic (exact) mass is 528 g/mol. The summed E-state index contributed by atoms with van der Waals surface area (Å²) >= 11 is 12.3. The van der Waals surface area contributed by atoms with Crippen molar-refractivity contribution in [2.75, 3.05) is 25.0 Å². The molecule has 1 atom stereocenters. The first-order chi connectivity index (χ1) is 17.3. The van der Waals surface area contributed by atoms with Crippen molar-refractivity contribution < 1.29 is 14.3 Å². The number of hydrogen-bond acceptors (Lipinski definition) is 4. The average molecular weight is 529 g/mol. The molecule has 1 N–H and O–H groups in total. The molecule has 1 saturated heterocycles. The first-order valence-corrected chi connectivity index (χ1v) is 12.8. The van der Waals surface area contributed by atoms with E-state index in [9.17, 15) is 9.59 Å². The quantitative estimate of drug-likeness (QED) is 0.378. The molecule has 2 heterocycles. The molecule has 0 aliphatic carbocycles. The van der Waals surface area contributed by atoms with Crippen LogP contribution in [0.4, 0.5) is 5.95 Å². The number of carbonyl (C=O) groups excluding carboxylic acids is 2. The second-order valence-corrected chi connectivity index (χ2v) is 10.2. The third kappa shape index (κ3) is 6.87. The molecule has 7 nitrogen and oxygen atoms in total. The Morgan fingerprint density at radius 3 is 2.61 bits per heavy atom. The molecule has 0 unspecified atom stereocenters. The molecule has 1 aliphatic heterocycles. The van der Waals surface area contributed by atoms with Crippen molar-refractivity contribution in [2.45, 2.75) is 39.2 Å². The zero-order valence-corrected chi connectivity index (χ0v) is 21.9. The lowest BCUT2D eigenvalue weighted by molar-refractivity contribution is -0.136. The SMILES string of the molecule is CC(C)CC(=O)N(CC(=O)Nc1nc(-c2ccc(Cl)cc2)cn1-c1cccc(Cl)c1)C[C@H]1CCCO1. The van der Waals surface area contributed by atoms with Gasteiger partial charge in [0.2, 0.25) is 17.8 Å². The van der Waals surface area contributed by atoms with Crippen molar-refractivity contribution in [1.29, 1.82) is 0 Å². The number of rotatable bonds is 9. The van der Waals surface area contributed by atoms with E-state index in [0.29, 0.717) is 41.3 Å². The maximum absolute atomic E-state index is 13.2. The Kier molecular flexibility index (Phi) is 8.67. The number of halogens is 2. The summed E-state index contributed by atoms with van der Waals surface area (Å²) in [6.45, 7) is 4.99. The molecule has 4 rings (SSSR count). The van der Waals surface area contributed by atoms with Gasteiger partial charge < -0.3 is 9.64 Å². The molecule has 190 valence electrons. The van der Waals surface area contributed by atoms with Crippen LogP contribution in [0.1, 0.15) is 33.1 Å². The summed E-state index contributed by atoms with van der Waals surface area (Å²) in [4.78, 5) is 32.4. The van der Waals surface area contributed by atoms with Crippen LogP contribution in [0.5, 0.6) is 0 Å². The molecule has 0 spiro atoms. The fourth-order valence-electron chi connectivity index (χ4n) is 4.16. The third-order valence-electron chi connectivity index (χ3n) is 5.90. The highest BCUT2D eigenvalue weighted by molar-refractivity contribution is 6.31. The normalized spacial score (nSPS) is 15.3. The molecule has 0 bridgehead atoms. The Morgan fingerprint density at radius 1 is 1.17 bits per heavy atom. The number of nitrogens with one attached hydrogen (secondary N) is 1. The number of nitrogens with zero attached hydrogens (tertiary/aromatic N) is 3. The Hall–Kier alpha value is -2.87. The zero-order valence-electron chi connectivity index (χ0n) is 20.4. The number of amides is 2. The van der Waals surface area contributed by atoms with Crippen LogP contribution in [-0.4, -0.2) is 52.1 Å². The van der Waals surface area contributed by atoms with E-state index in [0.717, 1.165) is 24.1 Å². The summed E-state index contributed by atoms with van der Waals surface area (Å²) in [5.74, 6) is 0.133. The van der Waals surface area contributed by atoms with Crippen LogP contribution in [0.15, 0.2) is 54.7 Å². The van der Waals surface area contributed by atoms with Gasteiger partial charge in [0, 0.05) is 47.1 Å². The number of hydrogen-bond donors (Lipinski definition) is 1. The molecule has 9 heteroatoms. The van der Waals surface area contributed by atoms with E-state index >= 15 is 0 Å². The van der Waals surface area contributed by atoms with Crippen molar-refractivity contribution in [3.05, 3.63) is 64.8 Å². The standard InChI is InChI=1S/C27H30Cl2N4O3/c1-18(2)13-26(35)32(15-23-7-4-12-36-23)17-25(34)31-27-30-24(19-8-10-20(28)11-9-19)16-33(27)22-6-3-5-21(29)14-22/h3,5-6,8-11,14,16,18,23H,4,7,12-13,15,17H2,1-2H3,(H,30,31,34)/t23-/m1/s1. The largest absolute Gasteiger partial charge is 0.376 e. The molecule has 0 saturated carbocycles. The van der Waals surface area contributed by atoms with Gasteiger partial charge in [-0.25, -0.2) is 4.98 Å². The maximum atomic E-state index is 13.2. The smallest absolute Gasteiger partial charge is 0.246 e. The van der Waals surface area contributed by atoms with Gasteiger partial charge in [-0.2, -0.15) is 0 Å². The van der Waals surface area contributed by atoms with E-state index in [1.165, 1.54) is 0 Å². The molecule has 1 fully saturated rings. The zero-order chi connectivity index (χ0) is 25.7. The molecule has 2 amide bonds. The minimum atomic E-state index is -0.332. The lowest BCUT2D eigenvalue weighted by atomic mass is 10.1. The van der Waals surface area contributed by atoms with Gasteiger partial charge >= 0.3 is 0 Å². The summed E-state index contributed by atoms with van der Waals surface area (Å²) in [6, 6.07) is 14.6. The average Bonchev–Trinajstić information content (AvgIpc) is 3.49. The first kappa shape index (κ1) is 26.2.